The molecule has 5 heteroatoms. The van der Waals surface area contributed by atoms with Gasteiger partial charge in [-0.25, -0.2) is 4.79 Å². The molecule has 1 unspecified atom stereocenters. The summed E-state index contributed by atoms with van der Waals surface area (Å²) in [5, 5.41) is 0. The predicted molar refractivity (Wildman–Crippen MR) is 85.8 cm³/mol. The highest BCUT2D eigenvalue weighted by Gasteiger charge is 2.44. The smallest absolute Gasteiger partial charge is 0.324 e. The molecule has 0 aromatic heterocycles. The Morgan fingerprint density at radius 2 is 1.95 bits per heavy atom. The lowest BCUT2D eigenvalue weighted by atomic mass is 9.79. The van der Waals surface area contributed by atoms with Gasteiger partial charge in [-0.2, -0.15) is 0 Å². The van der Waals surface area contributed by atoms with Crippen molar-refractivity contribution < 1.29 is 14.3 Å². The van der Waals surface area contributed by atoms with Gasteiger partial charge < -0.3 is 9.64 Å². The number of esters is 1. The molecule has 1 fully saturated rings. The van der Waals surface area contributed by atoms with E-state index < -0.39 is 0 Å². The number of carbonyl (C=O) groups excluding carboxylic acids is 2. The number of amides is 2. The van der Waals surface area contributed by atoms with E-state index >= 15 is 0 Å². The van der Waals surface area contributed by atoms with Gasteiger partial charge in [0, 0.05) is 25.7 Å². The zero-order valence-corrected chi connectivity index (χ0v) is 13.7. The Morgan fingerprint density at radius 3 is 2.55 bits per heavy atom. The van der Waals surface area contributed by atoms with Crippen molar-refractivity contribution in [1.29, 1.82) is 0 Å². The van der Waals surface area contributed by atoms with E-state index in [0.29, 0.717) is 19.4 Å². The first-order valence-electron chi connectivity index (χ1n) is 7.53. The first kappa shape index (κ1) is 16.3. The van der Waals surface area contributed by atoms with Crippen molar-refractivity contribution in [1.82, 2.24) is 4.90 Å². The van der Waals surface area contributed by atoms with Crippen molar-refractivity contribution in [3.63, 3.8) is 0 Å². The number of urea groups is 1. The molecule has 2 rings (SSSR count). The Kier molecular flexibility index (Phi) is 4.74. The maximum Gasteiger partial charge on any atom is 0.324 e. The molecule has 1 saturated heterocycles. The van der Waals surface area contributed by atoms with E-state index in [1.807, 2.05) is 42.3 Å². The van der Waals surface area contributed by atoms with Gasteiger partial charge in [-0.1, -0.05) is 32.0 Å². The average molecular weight is 304 g/mol. The number of carbonyl (C=O) groups is 2. The monoisotopic (exact) mass is 304 g/mol. The van der Waals surface area contributed by atoms with Crippen LogP contribution in [0.15, 0.2) is 30.3 Å². The minimum atomic E-state index is -0.211. The molecule has 1 aromatic carbocycles. The zero-order valence-electron chi connectivity index (χ0n) is 13.7. The lowest BCUT2D eigenvalue weighted by molar-refractivity contribution is -0.141. The second kappa shape index (κ2) is 6.38. The fourth-order valence-electron chi connectivity index (χ4n) is 2.90. The summed E-state index contributed by atoms with van der Waals surface area (Å²) in [4.78, 5) is 27.5. The van der Waals surface area contributed by atoms with E-state index in [-0.39, 0.29) is 23.5 Å². The lowest BCUT2D eigenvalue weighted by Gasteiger charge is -2.36. The third kappa shape index (κ3) is 3.24. The third-order valence-electron chi connectivity index (χ3n) is 4.43. The van der Waals surface area contributed by atoms with Crippen LogP contribution in [0.4, 0.5) is 10.5 Å². The molecule has 120 valence electrons. The van der Waals surface area contributed by atoms with Gasteiger partial charge >= 0.3 is 12.0 Å². The van der Waals surface area contributed by atoms with Crippen LogP contribution in [0, 0.1) is 5.41 Å². The molecule has 1 heterocycles. The molecule has 1 atom stereocenters. The van der Waals surface area contributed by atoms with Gasteiger partial charge in [0.2, 0.25) is 0 Å². The Bertz CT molecular complexity index is 542. The first-order valence-corrected chi connectivity index (χ1v) is 7.53. The molecule has 1 aliphatic rings. The molecule has 0 spiro atoms. The Hall–Kier alpha value is -2.04. The number of anilines is 1. The Labute approximate surface area is 131 Å². The maximum atomic E-state index is 12.5. The topological polar surface area (TPSA) is 49.9 Å². The molecule has 0 bridgehead atoms. The normalized spacial score (nSPS) is 18.7. The van der Waals surface area contributed by atoms with Crippen LogP contribution in [0.2, 0.25) is 0 Å². The maximum absolute atomic E-state index is 12.5. The summed E-state index contributed by atoms with van der Waals surface area (Å²) in [6, 6.07) is 9.71. The predicted octanol–water partition coefficient (Wildman–Crippen LogP) is 2.91. The van der Waals surface area contributed by atoms with E-state index in [0.717, 1.165) is 5.69 Å². The number of para-hydroxylation sites is 1. The van der Waals surface area contributed by atoms with Crippen molar-refractivity contribution >= 4 is 17.7 Å². The zero-order chi connectivity index (χ0) is 16.3. The van der Waals surface area contributed by atoms with Crippen molar-refractivity contribution in [3.05, 3.63) is 30.3 Å². The molecule has 0 aliphatic carbocycles. The van der Waals surface area contributed by atoms with Gasteiger partial charge in [0.25, 0.3) is 0 Å². The van der Waals surface area contributed by atoms with E-state index in [2.05, 4.69) is 13.8 Å². The second-order valence-corrected chi connectivity index (χ2v) is 6.45. The van der Waals surface area contributed by atoms with Crippen LogP contribution in [-0.2, 0) is 9.53 Å². The molecular weight excluding hydrogens is 280 g/mol. The second-order valence-electron chi connectivity index (χ2n) is 6.45. The van der Waals surface area contributed by atoms with Gasteiger partial charge in [0.05, 0.1) is 13.2 Å². The van der Waals surface area contributed by atoms with Gasteiger partial charge in [0.1, 0.15) is 0 Å². The molecule has 5 nitrogen and oxygen atoms in total. The highest BCUT2D eigenvalue weighted by atomic mass is 16.5. The van der Waals surface area contributed by atoms with Crippen LogP contribution in [0.5, 0.6) is 0 Å². The molecular formula is C17H24N2O3. The first-order chi connectivity index (χ1) is 10.4. The highest BCUT2D eigenvalue weighted by molar-refractivity contribution is 5.95. The van der Waals surface area contributed by atoms with Gasteiger partial charge in [-0.3, -0.25) is 9.69 Å². The Balaban J connectivity index is 2.23. The van der Waals surface area contributed by atoms with Gasteiger partial charge in [-0.05, 0) is 24.0 Å². The quantitative estimate of drug-likeness (QED) is 0.786. The van der Waals surface area contributed by atoms with Crippen molar-refractivity contribution in [2.45, 2.75) is 32.7 Å². The summed E-state index contributed by atoms with van der Waals surface area (Å²) >= 11 is 0. The molecule has 0 radical (unpaired) electrons. The number of rotatable bonds is 5. The van der Waals surface area contributed by atoms with Crippen LogP contribution in [0.1, 0.15) is 26.7 Å². The number of nitrogens with zero attached hydrogens (tertiary/aromatic N) is 2. The number of methoxy groups -OCH3 is 1. The minimum Gasteiger partial charge on any atom is -0.469 e. The average Bonchev–Trinajstić information content (AvgIpc) is 2.82. The molecule has 0 N–H and O–H groups in total. The Morgan fingerprint density at radius 1 is 1.32 bits per heavy atom. The molecule has 0 saturated carbocycles. The van der Waals surface area contributed by atoms with Crippen molar-refractivity contribution in [2.75, 3.05) is 25.6 Å². The van der Waals surface area contributed by atoms with Crippen molar-refractivity contribution in [3.8, 4) is 0 Å². The fraction of sp³-hybridized carbons (Fsp3) is 0.529. The standard InChI is InChI=1S/C17H24N2O3/c1-17(2,11-10-15(20)22-4)14-12-18(3)16(21)19(14)13-8-6-5-7-9-13/h5-9,14H,10-12H2,1-4H3. The number of benzene rings is 1. The number of hydrogen-bond donors (Lipinski definition) is 0. The van der Waals surface area contributed by atoms with Crippen LogP contribution < -0.4 is 4.90 Å². The van der Waals surface area contributed by atoms with Gasteiger partial charge in [0.15, 0.2) is 0 Å². The molecule has 2 amide bonds. The van der Waals surface area contributed by atoms with Gasteiger partial charge in [-0.15, -0.1) is 0 Å². The van der Waals surface area contributed by atoms with Crippen LogP contribution in [0.3, 0.4) is 0 Å². The minimum absolute atomic E-state index is 0.00217. The van der Waals surface area contributed by atoms with Crippen molar-refractivity contribution in [2.24, 2.45) is 5.41 Å². The highest BCUT2D eigenvalue weighted by Crippen LogP contribution is 2.37. The molecule has 1 aliphatic heterocycles. The van der Waals surface area contributed by atoms with E-state index in [1.54, 1.807) is 4.90 Å². The van der Waals surface area contributed by atoms with E-state index in [4.69, 9.17) is 4.74 Å². The SMILES string of the molecule is COC(=O)CCC(C)(C)C1CN(C)C(=O)N1c1ccccc1. The van der Waals surface area contributed by atoms with Crippen LogP contribution >= 0.6 is 0 Å². The summed E-state index contributed by atoms with van der Waals surface area (Å²) in [6.45, 7) is 4.86. The third-order valence-corrected chi connectivity index (χ3v) is 4.43. The molecule has 22 heavy (non-hydrogen) atoms. The number of likely N-dealkylation sites (N-methyl/N-ethyl adjacent to an activating group) is 1. The fourth-order valence-corrected chi connectivity index (χ4v) is 2.90. The summed E-state index contributed by atoms with van der Waals surface area (Å²) in [5.74, 6) is -0.211. The largest absolute Gasteiger partial charge is 0.469 e. The van der Waals surface area contributed by atoms with E-state index in [9.17, 15) is 9.59 Å². The van der Waals surface area contributed by atoms with Crippen LogP contribution in [-0.4, -0.2) is 43.6 Å². The number of hydrogen-bond acceptors (Lipinski definition) is 3. The van der Waals surface area contributed by atoms with Crippen LogP contribution in [0.25, 0.3) is 0 Å². The summed E-state index contributed by atoms with van der Waals surface area (Å²) in [6.07, 6.45) is 1.04. The molecule has 1 aromatic rings. The summed E-state index contributed by atoms with van der Waals surface area (Å²) in [5.41, 5.74) is 0.706. The number of ether oxygens (including phenoxy) is 1. The van der Waals surface area contributed by atoms with E-state index in [1.165, 1.54) is 7.11 Å². The summed E-state index contributed by atoms with van der Waals surface area (Å²) in [7, 11) is 3.22. The summed E-state index contributed by atoms with van der Waals surface area (Å²) < 4.78 is 4.73. The lowest BCUT2D eigenvalue weighted by Crippen LogP contribution is -2.44.